The van der Waals surface area contributed by atoms with Crippen molar-refractivity contribution < 1.29 is 9.53 Å². The molecule has 1 aliphatic rings. The molecule has 0 atom stereocenters. The summed E-state index contributed by atoms with van der Waals surface area (Å²) in [5, 5.41) is 6.97. The molecule has 25 heavy (non-hydrogen) atoms. The molecule has 1 amide bonds. The molecule has 0 spiro atoms. The maximum absolute atomic E-state index is 11.7. The Labute approximate surface area is 153 Å². The molecule has 0 aliphatic carbocycles. The van der Waals surface area contributed by atoms with E-state index in [4.69, 9.17) is 17.0 Å². The van der Waals surface area contributed by atoms with Gasteiger partial charge in [-0.15, -0.1) is 0 Å². The van der Waals surface area contributed by atoms with E-state index in [1.807, 2.05) is 24.3 Å². The molecular formula is C19H21N3O2S. The van der Waals surface area contributed by atoms with E-state index in [2.05, 4.69) is 42.7 Å². The summed E-state index contributed by atoms with van der Waals surface area (Å²) in [5.74, 6) is 0. The van der Waals surface area contributed by atoms with Crippen LogP contribution in [0.15, 0.2) is 42.5 Å². The van der Waals surface area contributed by atoms with Crippen LogP contribution in [0.2, 0.25) is 0 Å². The molecule has 0 bridgehead atoms. The van der Waals surface area contributed by atoms with Crippen LogP contribution in [-0.2, 0) is 11.3 Å². The van der Waals surface area contributed by atoms with Gasteiger partial charge in [0, 0.05) is 17.9 Å². The van der Waals surface area contributed by atoms with Gasteiger partial charge in [-0.1, -0.05) is 18.2 Å². The molecule has 0 radical (unpaired) electrons. The van der Waals surface area contributed by atoms with E-state index in [9.17, 15) is 4.79 Å². The Hall–Kier alpha value is -2.60. The molecule has 2 aromatic rings. The first-order valence-electron chi connectivity index (χ1n) is 8.18. The van der Waals surface area contributed by atoms with Gasteiger partial charge in [0.1, 0.15) is 6.61 Å². The molecule has 2 aromatic carbocycles. The molecule has 0 unspecified atom stereocenters. The summed E-state index contributed by atoms with van der Waals surface area (Å²) in [7, 11) is 0. The van der Waals surface area contributed by atoms with Crippen molar-refractivity contribution in [1.29, 1.82) is 0 Å². The predicted molar refractivity (Wildman–Crippen MR) is 104 cm³/mol. The fourth-order valence-corrected chi connectivity index (χ4v) is 3.06. The highest BCUT2D eigenvalue weighted by Gasteiger charge is 2.23. The first kappa shape index (κ1) is 17.2. The number of carbonyl (C=O) groups excluding carboxylic acids is 1. The van der Waals surface area contributed by atoms with Crippen molar-refractivity contribution in [1.82, 2.24) is 5.32 Å². The highest BCUT2D eigenvalue weighted by atomic mass is 32.1. The third-order valence-corrected chi connectivity index (χ3v) is 4.16. The third-order valence-electron chi connectivity index (χ3n) is 3.92. The minimum Gasteiger partial charge on any atom is -0.447 e. The van der Waals surface area contributed by atoms with Crippen LogP contribution in [0.5, 0.6) is 0 Å². The Morgan fingerprint density at radius 2 is 1.96 bits per heavy atom. The number of hydrogen-bond donors (Lipinski definition) is 2. The molecule has 5 nitrogen and oxygen atoms in total. The first-order chi connectivity index (χ1) is 12.0. The molecule has 0 aromatic heterocycles. The molecule has 130 valence electrons. The van der Waals surface area contributed by atoms with Crippen molar-refractivity contribution in [3.05, 3.63) is 59.2 Å². The third kappa shape index (κ3) is 4.48. The van der Waals surface area contributed by atoms with Crippen molar-refractivity contribution in [3.8, 4) is 0 Å². The highest BCUT2D eigenvalue weighted by Crippen LogP contribution is 2.20. The van der Waals surface area contributed by atoms with E-state index in [-0.39, 0.29) is 6.09 Å². The Bertz CT molecular complexity index is 787. The van der Waals surface area contributed by atoms with Crippen LogP contribution in [0.4, 0.5) is 16.2 Å². The van der Waals surface area contributed by atoms with E-state index in [0.717, 1.165) is 16.9 Å². The zero-order chi connectivity index (χ0) is 17.8. The topological polar surface area (TPSA) is 53.6 Å². The fraction of sp³-hybridized carbons (Fsp3) is 0.263. The molecule has 3 rings (SSSR count). The normalized spacial score (nSPS) is 13.5. The van der Waals surface area contributed by atoms with Gasteiger partial charge in [-0.2, -0.15) is 0 Å². The second-order valence-electron chi connectivity index (χ2n) is 6.12. The second kappa shape index (κ2) is 7.53. The number of thiocarbonyl (C=S) groups is 1. The van der Waals surface area contributed by atoms with Gasteiger partial charge in [-0.25, -0.2) is 4.79 Å². The lowest BCUT2D eigenvalue weighted by atomic mass is 10.1. The van der Waals surface area contributed by atoms with Gasteiger partial charge in [0.15, 0.2) is 5.11 Å². The molecule has 2 N–H and O–H groups in total. The molecule has 1 heterocycles. The molecule has 1 saturated heterocycles. The van der Waals surface area contributed by atoms with Crippen molar-refractivity contribution in [2.75, 3.05) is 23.4 Å². The Balaban J connectivity index is 1.59. The number of hydrogen-bond acceptors (Lipinski definition) is 3. The molecule has 1 fully saturated rings. The lowest BCUT2D eigenvalue weighted by Crippen LogP contribution is -2.28. The van der Waals surface area contributed by atoms with Gasteiger partial charge >= 0.3 is 6.09 Å². The smallest absolute Gasteiger partial charge is 0.414 e. The summed E-state index contributed by atoms with van der Waals surface area (Å²) < 4.78 is 4.98. The second-order valence-corrected chi connectivity index (χ2v) is 6.53. The van der Waals surface area contributed by atoms with Crippen LogP contribution < -0.4 is 15.5 Å². The number of rotatable bonds is 4. The summed E-state index contributed by atoms with van der Waals surface area (Å²) in [5.41, 5.74) is 5.24. The summed E-state index contributed by atoms with van der Waals surface area (Å²) in [6, 6.07) is 14.0. The van der Waals surface area contributed by atoms with E-state index >= 15 is 0 Å². The van der Waals surface area contributed by atoms with Crippen molar-refractivity contribution >= 4 is 34.8 Å². The average Bonchev–Trinajstić information content (AvgIpc) is 2.98. The van der Waals surface area contributed by atoms with Crippen LogP contribution >= 0.6 is 12.2 Å². The Morgan fingerprint density at radius 1 is 1.20 bits per heavy atom. The minimum atomic E-state index is -0.294. The summed E-state index contributed by atoms with van der Waals surface area (Å²) in [4.78, 5) is 13.3. The lowest BCUT2D eigenvalue weighted by molar-refractivity contribution is 0.181. The van der Waals surface area contributed by atoms with Crippen LogP contribution in [0.3, 0.4) is 0 Å². The number of carbonyl (C=O) groups is 1. The summed E-state index contributed by atoms with van der Waals surface area (Å²) in [6.07, 6.45) is -0.294. The van der Waals surface area contributed by atoms with Crippen LogP contribution in [0.1, 0.15) is 16.7 Å². The van der Waals surface area contributed by atoms with Gasteiger partial charge in [-0.3, -0.25) is 4.90 Å². The number of nitrogens with zero attached hydrogens (tertiary/aromatic N) is 1. The van der Waals surface area contributed by atoms with E-state index < -0.39 is 0 Å². The zero-order valence-electron chi connectivity index (χ0n) is 14.3. The van der Waals surface area contributed by atoms with Gasteiger partial charge in [0.25, 0.3) is 0 Å². The van der Waals surface area contributed by atoms with Crippen LogP contribution in [0.25, 0.3) is 0 Å². The first-order valence-corrected chi connectivity index (χ1v) is 8.58. The zero-order valence-corrected chi connectivity index (χ0v) is 15.2. The van der Waals surface area contributed by atoms with E-state index in [0.29, 0.717) is 24.8 Å². The standard InChI is InChI=1S/C19H21N3O2S/c1-13-8-14(2)10-16(9-13)21-18(25)20-12-15-4-3-5-17(11-15)22-6-7-24-19(22)23/h3-5,8-11H,6-7,12H2,1-2H3,(H2,20,21,25). The molecule has 1 aliphatic heterocycles. The predicted octanol–water partition coefficient (Wildman–Crippen LogP) is 3.75. The number of anilines is 2. The maximum Gasteiger partial charge on any atom is 0.414 e. The van der Waals surface area contributed by atoms with Crippen LogP contribution in [0, 0.1) is 13.8 Å². The monoisotopic (exact) mass is 355 g/mol. The van der Waals surface area contributed by atoms with Crippen molar-refractivity contribution in [2.24, 2.45) is 0 Å². The quantitative estimate of drug-likeness (QED) is 0.818. The van der Waals surface area contributed by atoms with Crippen molar-refractivity contribution in [2.45, 2.75) is 20.4 Å². The van der Waals surface area contributed by atoms with Gasteiger partial charge < -0.3 is 15.4 Å². The minimum absolute atomic E-state index is 0.294. The van der Waals surface area contributed by atoms with Gasteiger partial charge in [-0.05, 0) is 67.0 Å². The number of ether oxygens (including phenoxy) is 1. The fourth-order valence-electron chi connectivity index (χ4n) is 2.87. The number of cyclic esters (lactones) is 1. The SMILES string of the molecule is Cc1cc(C)cc(NC(=S)NCc2cccc(N3CCOC3=O)c2)c1. The largest absolute Gasteiger partial charge is 0.447 e. The summed E-state index contributed by atoms with van der Waals surface area (Å²) >= 11 is 5.37. The lowest BCUT2D eigenvalue weighted by Gasteiger charge is -2.15. The molecular weight excluding hydrogens is 334 g/mol. The van der Waals surface area contributed by atoms with Crippen molar-refractivity contribution in [3.63, 3.8) is 0 Å². The number of amides is 1. The Morgan fingerprint density at radius 3 is 2.64 bits per heavy atom. The average molecular weight is 355 g/mol. The Kier molecular flexibility index (Phi) is 5.19. The summed E-state index contributed by atoms with van der Waals surface area (Å²) in [6.45, 7) is 5.72. The maximum atomic E-state index is 11.7. The molecule has 6 heteroatoms. The number of benzene rings is 2. The van der Waals surface area contributed by atoms with E-state index in [1.54, 1.807) is 4.90 Å². The van der Waals surface area contributed by atoms with Gasteiger partial charge in [0.2, 0.25) is 0 Å². The van der Waals surface area contributed by atoms with Gasteiger partial charge in [0.05, 0.1) is 6.54 Å². The number of aryl methyl sites for hydroxylation is 2. The molecule has 0 saturated carbocycles. The van der Waals surface area contributed by atoms with E-state index in [1.165, 1.54) is 11.1 Å². The number of nitrogens with one attached hydrogen (secondary N) is 2. The highest BCUT2D eigenvalue weighted by molar-refractivity contribution is 7.80. The van der Waals surface area contributed by atoms with Crippen LogP contribution in [-0.4, -0.2) is 24.4 Å².